The highest BCUT2D eigenvalue weighted by molar-refractivity contribution is 4.45. The van der Waals surface area contributed by atoms with Gasteiger partial charge in [-0.3, -0.25) is 0 Å². The van der Waals surface area contributed by atoms with E-state index in [2.05, 4.69) is 0 Å². The van der Waals surface area contributed by atoms with Gasteiger partial charge in [0.2, 0.25) is 0 Å². The lowest BCUT2D eigenvalue weighted by atomic mass is 10.4. The summed E-state index contributed by atoms with van der Waals surface area (Å²) in [6, 6.07) is 0. The third-order valence-corrected chi connectivity index (χ3v) is 0.118. The Morgan fingerprint density at radius 3 is 3.50 bits per heavy atom. The van der Waals surface area contributed by atoms with E-state index in [1.54, 1.807) is 0 Å². The maximum absolute atomic E-state index is 6.64. The van der Waals surface area contributed by atoms with E-state index in [1.807, 2.05) is 0 Å². The fourth-order valence-corrected chi connectivity index (χ4v) is 0. The van der Waals surface area contributed by atoms with Crippen molar-refractivity contribution >= 4 is 0 Å². The fourth-order valence-electron chi connectivity index (χ4n) is 0. The molecule has 0 rings (SSSR count). The zero-order valence-electron chi connectivity index (χ0n) is 7.36. The predicted molar refractivity (Wildman–Crippen MR) is 20.3 cm³/mol. The average Bonchev–Trinajstić information content (AvgIpc) is 1.59. The Bertz CT molecular complexity index is 73.5. The molecule has 0 spiro atoms. The molecule has 0 aromatic rings. The summed E-state index contributed by atoms with van der Waals surface area (Å²) < 4.78 is 33.2. The summed E-state index contributed by atoms with van der Waals surface area (Å²) in [5.41, 5.74) is 0. The lowest BCUT2D eigenvalue weighted by Crippen LogP contribution is -1.50. The standard InChI is InChI=1S/C4H9/c1-3-4-2/h3H,4H2,1-2H3/i1D3,2D2. The van der Waals surface area contributed by atoms with Gasteiger partial charge in [-0.25, -0.2) is 0 Å². The first-order valence-corrected chi connectivity index (χ1v) is 1.11. The van der Waals surface area contributed by atoms with Crippen LogP contribution in [0.25, 0.3) is 0 Å². The molecule has 0 amide bonds. The molecule has 0 heteroatoms. The first kappa shape index (κ1) is 0.562. The number of hydrogen-bond acceptors (Lipinski definition) is 0. The van der Waals surface area contributed by atoms with Crippen LogP contribution < -0.4 is 0 Å². The van der Waals surface area contributed by atoms with E-state index in [4.69, 9.17) is 6.85 Å². The van der Waals surface area contributed by atoms with Gasteiger partial charge in [-0.15, -0.1) is 0 Å². The molecule has 0 fully saturated rings. The molecule has 0 N–H and O–H groups in total. The Morgan fingerprint density at radius 2 is 3.25 bits per heavy atom. The van der Waals surface area contributed by atoms with E-state index < -0.39 is 13.7 Å². The van der Waals surface area contributed by atoms with Crippen LogP contribution in [0.15, 0.2) is 0 Å². The summed E-state index contributed by atoms with van der Waals surface area (Å²) in [6.07, 6.45) is 1.02. The molecule has 0 aliphatic carbocycles. The van der Waals surface area contributed by atoms with Gasteiger partial charge in [-0.05, 0) is 6.42 Å². The Balaban J connectivity index is 3.28. The van der Waals surface area contributed by atoms with Crippen LogP contribution in [0.2, 0.25) is 0 Å². The van der Waals surface area contributed by atoms with Crippen molar-refractivity contribution in [2.45, 2.75) is 20.1 Å². The van der Waals surface area contributed by atoms with Crippen LogP contribution in [0.5, 0.6) is 0 Å². The van der Waals surface area contributed by atoms with E-state index in [0.29, 0.717) is 0 Å². The second-order valence-electron chi connectivity index (χ2n) is 0.440. The van der Waals surface area contributed by atoms with Gasteiger partial charge in [-0.2, -0.15) is 0 Å². The van der Waals surface area contributed by atoms with Gasteiger partial charge < -0.3 is 0 Å². The second-order valence-corrected chi connectivity index (χ2v) is 0.440. The lowest BCUT2D eigenvalue weighted by molar-refractivity contribution is 1.10. The van der Waals surface area contributed by atoms with Crippen molar-refractivity contribution in [3.8, 4) is 0 Å². The molecule has 4 heavy (non-hydrogen) atoms. The summed E-state index contributed by atoms with van der Waals surface area (Å²) in [5, 5.41) is 0. The topological polar surface area (TPSA) is 0 Å². The third kappa shape index (κ3) is 2.00. The highest BCUT2D eigenvalue weighted by atomic mass is 13.6. The largest absolute Gasteiger partial charge is 0.0651 e. The maximum atomic E-state index is 6.64. The molecule has 1 radical (unpaired) electrons. The van der Waals surface area contributed by atoms with Crippen molar-refractivity contribution in [2.75, 3.05) is 0 Å². The summed E-state index contributed by atoms with van der Waals surface area (Å²) in [6.45, 7) is -3.13. The summed E-state index contributed by atoms with van der Waals surface area (Å²) in [5.74, 6) is 0. The van der Waals surface area contributed by atoms with Gasteiger partial charge in [0.15, 0.2) is 0 Å². The molecular formula is C4H9. The number of rotatable bonds is 1. The SMILES string of the molecule is [2H]C([2H])C[CH]C([2H])([2H])[2H]. The van der Waals surface area contributed by atoms with E-state index in [-0.39, 0.29) is 6.42 Å². The van der Waals surface area contributed by atoms with E-state index >= 15 is 0 Å². The Kier molecular flexibility index (Phi) is 0.422. The minimum atomic E-state index is -2.08. The van der Waals surface area contributed by atoms with Gasteiger partial charge in [0.05, 0.1) is 0 Å². The van der Waals surface area contributed by atoms with Crippen LogP contribution in [0.4, 0.5) is 0 Å². The molecule has 0 bridgehead atoms. The normalized spacial score (nSPS) is 29.8. The molecule has 0 saturated heterocycles. The predicted octanol–water partition coefficient (Wildman–Crippen LogP) is 1.62. The van der Waals surface area contributed by atoms with E-state index in [1.165, 1.54) is 0 Å². The highest BCUT2D eigenvalue weighted by Gasteiger charge is 1.57. The van der Waals surface area contributed by atoms with Crippen LogP contribution in [0.1, 0.15) is 27.0 Å². The van der Waals surface area contributed by atoms with Gasteiger partial charge in [0, 0.05) is 6.85 Å². The smallest absolute Gasteiger partial charge is 0.0233 e. The van der Waals surface area contributed by atoms with Gasteiger partial charge in [0.1, 0.15) is 0 Å². The molecule has 0 aliphatic heterocycles. The summed E-state index contributed by atoms with van der Waals surface area (Å²) in [7, 11) is 0. The molecule has 0 atom stereocenters. The number of hydrogen-bond donors (Lipinski definition) is 0. The van der Waals surface area contributed by atoms with Crippen LogP contribution in [0.3, 0.4) is 0 Å². The van der Waals surface area contributed by atoms with Crippen molar-refractivity contribution in [2.24, 2.45) is 0 Å². The van der Waals surface area contributed by atoms with Crippen molar-refractivity contribution < 1.29 is 6.85 Å². The average molecular weight is 62.1 g/mol. The first-order valence-electron chi connectivity index (χ1n) is 3.76. The van der Waals surface area contributed by atoms with E-state index in [9.17, 15) is 0 Å². The zero-order valence-corrected chi connectivity index (χ0v) is 2.36. The minimum Gasteiger partial charge on any atom is -0.0651 e. The fraction of sp³-hybridized carbons (Fsp3) is 0.750. The molecule has 0 aliphatic rings. The van der Waals surface area contributed by atoms with E-state index in [0.717, 1.165) is 6.42 Å². The van der Waals surface area contributed by atoms with Crippen molar-refractivity contribution in [3.63, 3.8) is 0 Å². The summed E-state index contributed by atoms with van der Waals surface area (Å²) in [4.78, 5) is 0. The molecular weight excluding hydrogens is 48.0 g/mol. The second kappa shape index (κ2) is 3.00. The van der Waals surface area contributed by atoms with Crippen LogP contribution in [0, 0.1) is 6.42 Å². The Labute approximate surface area is 34.9 Å². The first-order chi connectivity index (χ1) is 3.92. The van der Waals surface area contributed by atoms with Crippen LogP contribution >= 0.6 is 0 Å². The molecule has 25 valence electrons. The highest BCUT2D eigenvalue weighted by Crippen LogP contribution is 1.74. The quantitative estimate of drug-likeness (QED) is 0.433. The molecule has 0 unspecified atom stereocenters. The monoisotopic (exact) mass is 62.1 g/mol. The summed E-state index contributed by atoms with van der Waals surface area (Å²) >= 11 is 0. The molecule has 0 aromatic heterocycles. The molecule has 0 saturated carbocycles. The van der Waals surface area contributed by atoms with Gasteiger partial charge >= 0.3 is 0 Å². The molecule has 0 heterocycles. The molecule has 0 aromatic carbocycles. The van der Waals surface area contributed by atoms with Crippen molar-refractivity contribution in [3.05, 3.63) is 6.42 Å². The molecule has 0 nitrogen and oxygen atoms in total. The zero-order chi connectivity index (χ0) is 7.49. The Hall–Kier alpha value is 0. The van der Waals surface area contributed by atoms with Gasteiger partial charge in [-0.1, -0.05) is 20.1 Å². The van der Waals surface area contributed by atoms with Crippen LogP contribution in [-0.2, 0) is 0 Å². The van der Waals surface area contributed by atoms with Crippen molar-refractivity contribution in [1.29, 1.82) is 0 Å². The minimum absolute atomic E-state index is 0.0104. The lowest BCUT2D eigenvalue weighted by Gasteiger charge is -1.67. The Morgan fingerprint density at radius 1 is 2.25 bits per heavy atom. The maximum Gasteiger partial charge on any atom is 0.0233 e. The third-order valence-electron chi connectivity index (χ3n) is 0.118. The van der Waals surface area contributed by atoms with Crippen molar-refractivity contribution in [1.82, 2.24) is 0 Å². The van der Waals surface area contributed by atoms with Crippen LogP contribution in [-0.4, -0.2) is 0 Å². The van der Waals surface area contributed by atoms with Gasteiger partial charge in [0.25, 0.3) is 0 Å².